The van der Waals surface area contributed by atoms with Gasteiger partial charge in [0.1, 0.15) is 0 Å². The Kier molecular flexibility index (Phi) is 12.0. The van der Waals surface area contributed by atoms with Crippen LogP contribution in [0.3, 0.4) is 0 Å². The molecule has 0 heteroatoms. The molecular weight excluding hydrogens is 1080 g/mol. The van der Waals surface area contributed by atoms with E-state index in [1.807, 2.05) is 0 Å². The smallest absolute Gasteiger partial charge is 0.00134 e. The van der Waals surface area contributed by atoms with E-state index in [-0.39, 0.29) is 0 Å². The van der Waals surface area contributed by atoms with Crippen LogP contribution in [0.5, 0.6) is 0 Å². The summed E-state index contributed by atoms with van der Waals surface area (Å²) in [4.78, 5) is 0. The summed E-state index contributed by atoms with van der Waals surface area (Å²) in [5.41, 5.74) is 19.3. The fraction of sp³-hybridized carbons (Fsp3) is 0. The summed E-state index contributed by atoms with van der Waals surface area (Å²) in [6.07, 6.45) is 0. The fourth-order valence-electron chi connectivity index (χ4n) is 15.2. The Balaban J connectivity index is 0.980. The largest absolute Gasteiger partial charge is 0.0616 e. The first-order chi connectivity index (χ1) is 44.7. The summed E-state index contributed by atoms with van der Waals surface area (Å²) in [5.74, 6) is 0. The topological polar surface area (TPSA) is 0 Å². The van der Waals surface area contributed by atoms with Crippen LogP contribution in [0.15, 0.2) is 340 Å². The van der Waals surface area contributed by atoms with E-state index in [0.717, 1.165) is 0 Å². The van der Waals surface area contributed by atoms with Gasteiger partial charge in [0.25, 0.3) is 0 Å². The molecule has 0 radical (unpaired) electrons. The lowest BCUT2D eigenvalue weighted by Crippen LogP contribution is -1.93. The van der Waals surface area contributed by atoms with E-state index in [1.54, 1.807) is 0 Å². The van der Waals surface area contributed by atoms with E-state index in [2.05, 4.69) is 340 Å². The molecule has 18 aromatic rings. The Labute approximate surface area is 522 Å². The molecule has 0 aliphatic rings. The predicted octanol–water partition coefficient (Wildman–Crippen LogP) is 25.4. The highest BCUT2D eigenvalue weighted by Gasteiger charge is 2.23. The standard InChI is InChI=1S/C90H56/c1-5-29-65-57(21-1)25-17-41-77(65)73-37-13-9-33-69(73)61-45-49-81-82-50-46-63(71-35-11-15-39-75(71)79-43-19-27-59-23-3-7-31-67(59)79)55-87(82)90-88-56-64(72-36-12-16-40-76(72)80-44-20-28-60-24-4-8-32-68(60)80)48-52-84(88)83-51-47-62(54-86(83)89(90)85(81)53-61)70-34-10-14-38-74(70)78-42-18-26-58-22-2-6-30-66(58)78/h1-56H. The van der Waals surface area contributed by atoms with Crippen molar-refractivity contribution in [3.05, 3.63) is 340 Å². The molecule has 0 spiro atoms. The molecule has 0 heterocycles. The molecule has 0 aliphatic heterocycles. The van der Waals surface area contributed by atoms with E-state index in [9.17, 15) is 0 Å². The monoisotopic (exact) mass is 1140 g/mol. The van der Waals surface area contributed by atoms with E-state index in [4.69, 9.17) is 0 Å². The van der Waals surface area contributed by atoms with Crippen LogP contribution in [0.4, 0.5) is 0 Å². The number of benzene rings is 18. The third-order valence-corrected chi connectivity index (χ3v) is 19.3. The van der Waals surface area contributed by atoms with E-state index < -0.39 is 0 Å². The highest BCUT2D eigenvalue weighted by molar-refractivity contribution is 6.40. The van der Waals surface area contributed by atoms with Crippen LogP contribution in [0.2, 0.25) is 0 Å². The van der Waals surface area contributed by atoms with Crippen molar-refractivity contribution in [2.45, 2.75) is 0 Å². The Hall–Kier alpha value is -11.7. The van der Waals surface area contributed by atoms with Crippen molar-refractivity contribution < 1.29 is 0 Å². The van der Waals surface area contributed by atoms with Crippen LogP contribution in [-0.4, -0.2) is 0 Å². The molecule has 0 saturated heterocycles. The highest BCUT2D eigenvalue weighted by Crippen LogP contribution is 2.50. The van der Waals surface area contributed by atoms with Crippen LogP contribution in [0.25, 0.3) is 186 Å². The molecule has 90 heavy (non-hydrogen) atoms. The zero-order chi connectivity index (χ0) is 59.2. The van der Waals surface area contributed by atoms with Crippen molar-refractivity contribution in [3.63, 3.8) is 0 Å². The number of hydrogen-bond acceptors (Lipinski definition) is 0. The van der Waals surface area contributed by atoms with Crippen LogP contribution < -0.4 is 0 Å². The molecule has 0 nitrogen and oxygen atoms in total. The van der Waals surface area contributed by atoms with Gasteiger partial charge in [-0.15, -0.1) is 0 Å². The lowest BCUT2D eigenvalue weighted by Gasteiger charge is -2.21. The minimum atomic E-state index is 1.18. The van der Waals surface area contributed by atoms with E-state index >= 15 is 0 Å². The van der Waals surface area contributed by atoms with Gasteiger partial charge in [-0.25, -0.2) is 0 Å². The molecular formula is C90H56. The molecule has 0 aliphatic carbocycles. The maximum absolute atomic E-state index is 2.52. The second kappa shape index (κ2) is 21.0. The first-order valence-corrected chi connectivity index (χ1v) is 31.3. The van der Waals surface area contributed by atoms with Gasteiger partial charge >= 0.3 is 0 Å². The lowest BCUT2D eigenvalue weighted by molar-refractivity contribution is 1.61. The molecule has 0 saturated carbocycles. The second-order valence-electron chi connectivity index (χ2n) is 24.1. The molecule has 18 aromatic carbocycles. The highest BCUT2D eigenvalue weighted by atomic mass is 14.3. The van der Waals surface area contributed by atoms with Gasteiger partial charge in [0.2, 0.25) is 0 Å². The molecule has 0 fully saturated rings. The van der Waals surface area contributed by atoms with Gasteiger partial charge in [0.05, 0.1) is 0 Å². The normalized spacial score (nSPS) is 11.8. The van der Waals surface area contributed by atoms with Crippen molar-refractivity contribution in [2.24, 2.45) is 0 Å². The molecule has 18 rings (SSSR count). The summed E-state index contributed by atoms with van der Waals surface area (Å²) in [6.45, 7) is 0. The van der Waals surface area contributed by atoms with Gasteiger partial charge in [0, 0.05) is 0 Å². The van der Waals surface area contributed by atoms with Gasteiger partial charge in [-0.05, 0) is 210 Å². The Bertz CT molecular complexity index is 5230. The molecule has 0 atom stereocenters. The second-order valence-corrected chi connectivity index (χ2v) is 24.1. The lowest BCUT2D eigenvalue weighted by atomic mass is 9.82. The number of fused-ring (bicyclic) bond motifs is 15. The average molecular weight is 1140 g/mol. The van der Waals surface area contributed by atoms with Gasteiger partial charge in [-0.2, -0.15) is 0 Å². The first-order valence-electron chi connectivity index (χ1n) is 31.3. The van der Waals surface area contributed by atoms with E-state index in [0.29, 0.717) is 0 Å². The Morgan fingerprint density at radius 2 is 0.300 bits per heavy atom. The van der Waals surface area contributed by atoms with Gasteiger partial charge in [0.15, 0.2) is 0 Å². The molecule has 0 aromatic heterocycles. The molecule has 0 amide bonds. The summed E-state index contributed by atoms with van der Waals surface area (Å²) >= 11 is 0. The van der Waals surface area contributed by atoms with Gasteiger partial charge in [-0.1, -0.05) is 315 Å². The van der Waals surface area contributed by atoms with Crippen molar-refractivity contribution in [2.75, 3.05) is 0 Å². The van der Waals surface area contributed by atoms with Crippen LogP contribution >= 0.6 is 0 Å². The molecule has 0 bridgehead atoms. The fourth-order valence-corrected chi connectivity index (χ4v) is 15.2. The summed E-state index contributed by atoms with van der Waals surface area (Å²) in [5, 5.41) is 22.2. The zero-order valence-corrected chi connectivity index (χ0v) is 49.3. The quantitative estimate of drug-likeness (QED) is 0.133. The van der Waals surface area contributed by atoms with Gasteiger partial charge in [-0.3, -0.25) is 0 Å². The third-order valence-electron chi connectivity index (χ3n) is 19.3. The van der Waals surface area contributed by atoms with Crippen molar-refractivity contribution in [3.8, 4) is 89.0 Å². The molecule has 416 valence electrons. The Morgan fingerprint density at radius 1 is 0.111 bits per heavy atom. The minimum absolute atomic E-state index is 1.18. The van der Waals surface area contributed by atoms with Crippen molar-refractivity contribution in [1.82, 2.24) is 0 Å². The summed E-state index contributed by atoms with van der Waals surface area (Å²) in [6, 6.07) is 127. The SMILES string of the molecule is c1ccc(-c2cccc3ccccc23)c(-c2ccc3c4ccc(-c5ccccc5-c5cccc6ccccc56)cc4c4c5cc(-c6ccccc6-c6cccc7ccccc67)ccc5c5ccc(-c6ccccc6-c6cccc7ccccc67)cc5c4c3c2)c1. The maximum Gasteiger partial charge on any atom is -0.00134 e. The molecule has 0 N–H and O–H groups in total. The Morgan fingerprint density at radius 3 is 0.544 bits per heavy atom. The minimum Gasteiger partial charge on any atom is -0.0616 e. The number of rotatable bonds is 8. The first kappa shape index (κ1) is 51.5. The van der Waals surface area contributed by atoms with Crippen LogP contribution in [-0.2, 0) is 0 Å². The summed E-state index contributed by atoms with van der Waals surface area (Å²) in [7, 11) is 0. The van der Waals surface area contributed by atoms with E-state index in [1.165, 1.54) is 186 Å². The van der Waals surface area contributed by atoms with Crippen LogP contribution in [0.1, 0.15) is 0 Å². The third kappa shape index (κ3) is 8.30. The summed E-state index contributed by atoms with van der Waals surface area (Å²) < 4.78 is 0. The van der Waals surface area contributed by atoms with Crippen molar-refractivity contribution >= 4 is 97.0 Å². The average Bonchev–Trinajstić information content (AvgIpc) is 0.722. The maximum atomic E-state index is 2.52. The molecule has 0 unspecified atom stereocenters. The number of hydrogen-bond donors (Lipinski definition) is 0. The predicted molar refractivity (Wildman–Crippen MR) is 387 cm³/mol. The van der Waals surface area contributed by atoms with Gasteiger partial charge < -0.3 is 0 Å². The van der Waals surface area contributed by atoms with Crippen molar-refractivity contribution in [1.29, 1.82) is 0 Å². The zero-order valence-electron chi connectivity index (χ0n) is 49.3. The van der Waals surface area contributed by atoms with Crippen LogP contribution in [0, 0.1) is 0 Å².